The maximum absolute atomic E-state index is 11.2. The summed E-state index contributed by atoms with van der Waals surface area (Å²) in [5.41, 5.74) is 0. The maximum Gasteiger partial charge on any atom is 0.508 e. The third-order valence-electron chi connectivity index (χ3n) is 3.57. The molecule has 0 heterocycles. The molecule has 0 amide bonds. The molecule has 0 bridgehead atoms. The number of ether oxygens (including phenoxy) is 6. The highest BCUT2D eigenvalue weighted by atomic mass is 16.7. The van der Waals surface area contributed by atoms with E-state index in [0.29, 0.717) is 11.5 Å². The van der Waals surface area contributed by atoms with E-state index < -0.39 is 12.3 Å². The minimum atomic E-state index is -0.767. The molecule has 0 fully saturated rings. The van der Waals surface area contributed by atoms with Crippen molar-refractivity contribution in [1.82, 2.24) is 0 Å². The molecule has 0 spiro atoms. The molecule has 0 aliphatic heterocycles. The molecule has 0 aliphatic carbocycles. The molecule has 0 unspecified atom stereocenters. The minimum absolute atomic E-state index is 0.0619. The molecule has 160 valence electrons. The molecular formula is C22H24O8. The first kappa shape index (κ1) is 22.6. The first-order valence-electron chi connectivity index (χ1n) is 9.22. The molecule has 0 N–H and O–H groups in total. The number of benzene rings is 2. The lowest BCUT2D eigenvalue weighted by Crippen LogP contribution is -2.13. The van der Waals surface area contributed by atoms with Gasteiger partial charge < -0.3 is 28.4 Å². The van der Waals surface area contributed by atoms with Crippen LogP contribution in [-0.2, 0) is 18.9 Å². The van der Waals surface area contributed by atoms with Crippen molar-refractivity contribution in [3.63, 3.8) is 0 Å². The normalized spacial score (nSPS) is 10.0. The van der Waals surface area contributed by atoms with Gasteiger partial charge in [-0.3, -0.25) is 0 Å². The highest BCUT2D eigenvalue weighted by Gasteiger charge is 2.05. The topological polar surface area (TPSA) is 89.5 Å². The summed E-state index contributed by atoms with van der Waals surface area (Å²) in [4.78, 5) is 22.4. The van der Waals surface area contributed by atoms with E-state index in [9.17, 15) is 9.59 Å². The van der Waals surface area contributed by atoms with E-state index in [4.69, 9.17) is 28.4 Å². The zero-order chi connectivity index (χ0) is 21.6. The van der Waals surface area contributed by atoms with E-state index in [2.05, 4.69) is 13.2 Å². The van der Waals surface area contributed by atoms with Crippen molar-refractivity contribution in [3.05, 3.63) is 61.7 Å². The fraction of sp³-hybridized carbons (Fsp3) is 0.273. The monoisotopic (exact) mass is 416 g/mol. The van der Waals surface area contributed by atoms with Crippen molar-refractivity contribution in [2.45, 2.75) is 0 Å². The summed E-state index contributed by atoms with van der Waals surface area (Å²) in [7, 11) is 0. The summed E-state index contributed by atoms with van der Waals surface area (Å²) in [6, 6.07) is 11.2. The van der Waals surface area contributed by atoms with Gasteiger partial charge in [0.15, 0.2) is 0 Å². The number of carbonyl (C=O) groups is 2. The Morgan fingerprint density at radius 3 is 1.57 bits per heavy atom. The van der Waals surface area contributed by atoms with Gasteiger partial charge in [0.2, 0.25) is 0 Å². The summed E-state index contributed by atoms with van der Waals surface area (Å²) in [6.07, 6.45) is 1.38. The molecule has 0 saturated carbocycles. The molecular weight excluding hydrogens is 392 g/mol. The third-order valence-corrected chi connectivity index (χ3v) is 3.57. The fourth-order valence-corrected chi connectivity index (χ4v) is 2.29. The van der Waals surface area contributed by atoms with Crippen LogP contribution in [0, 0.1) is 0 Å². The lowest BCUT2D eigenvalue weighted by Gasteiger charge is -2.10. The zero-order valence-electron chi connectivity index (χ0n) is 16.5. The number of rotatable bonds is 12. The summed E-state index contributed by atoms with van der Waals surface area (Å²) in [6.45, 7) is 7.57. The zero-order valence-corrected chi connectivity index (χ0v) is 16.5. The van der Waals surface area contributed by atoms with Crippen LogP contribution in [0.4, 0.5) is 9.59 Å². The van der Waals surface area contributed by atoms with E-state index in [1.54, 1.807) is 0 Å². The van der Waals surface area contributed by atoms with Gasteiger partial charge in [-0.2, -0.15) is 0 Å². The Morgan fingerprint density at radius 2 is 1.13 bits per heavy atom. The minimum Gasteiger partial charge on any atom is -0.490 e. The van der Waals surface area contributed by atoms with Crippen molar-refractivity contribution in [2.75, 3.05) is 39.6 Å². The highest BCUT2D eigenvalue weighted by molar-refractivity contribution is 5.85. The Bertz CT molecular complexity index is 795. The smallest absolute Gasteiger partial charge is 0.490 e. The first-order valence-corrected chi connectivity index (χ1v) is 9.22. The number of hydrogen-bond acceptors (Lipinski definition) is 8. The summed E-state index contributed by atoms with van der Waals surface area (Å²) in [5, 5.41) is 1.91. The predicted molar refractivity (Wildman–Crippen MR) is 110 cm³/mol. The Labute approximate surface area is 174 Å². The van der Waals surface area contributed by atoms with Crippen LogP contribution in [0.25, 0.3) is 10.8 Å². The van der Waals surface area contributed by atoms with Gasteiger partial charge in [0.1, 0.15) is 51.1 Å². The van der Waals surface area contributed by atoms with E-state index in [-0.39, 0.29) is 39.6 Å². The van der Waals surface area contributed by atoms with Crippen LogP contribution in [0.1, 0.15) is 0 Å². The van der Waals surface area contributed by atoms with Crippen LogP contribution < -0.4 is 9.47 Å². The largest absolute Gasteiger partial charge is 0.508 e. The van der Waals surface area contributed by atoms with Gasteiger partial charge in [0.25, 0.3) is 0 Å². The lowest BCUT2D eigenvalue weighted by atomic mass is 10.1. The number of carbonyl (C=O) groups excluding carboxylic acids is 2. The molecule has 30 heavy (non-hydrogen) atoms. The standard InChI is InChI=1S/C22H24O8/c1-3-9-27-21(23)29-13-11-25-19-7-5-17-6-8-20(16-18(17)15-19)26-12-14-30-22(24)28-10-4-2/h3-8,15-16H,1-2,9-14H2. The van der Waals surface area contributed by atoms with Gasteiger partial charge >= 0.3 is 12.3 Å². The first-order chi connectivity index (χ1) is 14.6. The van der Waals surface area contributed by atoms with Gasteiger partial charge in [0, 0.05) is 0 Å². The molecule has 0 saturated heterocycles. The summed E-state index contributed by atoms with van der Waals surface area (Å²) >= 11 is 0. The van der Waals surface area contributed by atoms with E-state index in [0.717, 1.165) is 10.8 Å². The molecule has 2 aromatic rings. The van der Waals surface area contributed by atoms with Crippen molar-refractivity contribution in [1.29, 1.82) is 0 Å². The molecule has 2 aromatic carbocycles. The second kappa shape index (κ2) is 12.7. The van der Waals surface area contributed by atoms with Crippen molar-refractivity contribution < 1.29 is 38.0 Å². The summed E-state index contributed by atoms with van der Waals surface area (Å²) in [5.74, 6) is 1.24. The van der Waals surface area contributed by atoms with E-state index in [1.807, 2.05) is 36.4 Å². The van der Waals surface area contributed by atoms with E-state index >= 15 is 0 Å². The second-order valence-corrected chi connectivity index (χ2v) is 5.76. The van der Waals surface area contributed by atoms with Crippen LogP contribution in [-0.4, -0.2) is 52.0 Å². The van der Waals surface area contributed by atoms with Gasteiger partial charge in [0.05, 0.1) is 0 Å². The lowest BCUT2D eigenvalue weighted by molar-refractivity contribution is 0.0526. The molecule has 0 radical (unpaired) electrons. The average molecular weight is 416 g/mol. The Kier molecular flexibility index (Phi) is 9.58. The van der Waals surface area contributed by atoms with Gasteiger partial charge in [-0.1, -0.05) is 37.4 Å². The van der Waals surface area contributed by atoms with Gasteiger partial charge in [-0.25, -0.2) is 9.59 Å². The number of hydrogen-bond donors (Lipinski definition) is 0. The third kappa shape index (κ3) is 8.14. The van der Waals surface area contributed by atoms with Gasteiger partial charge in [-0.15, -0.1) is 0 Å². The average Bonchev–Trinajstić information content (AvgIpc) is 2.76. The molecule has 0 atom stereocenters. The Balaban J connectivity index is 1.79. The SMILES string of the molecule is C=CCOC(=O)OCCOc1ccc2ccc(OCCOC(=O)OCC=C)cc2c1. The van der Waals surface area contributed by atoms with Crippen molar-refractivity contribution in [2.24, 2.45) is 0 Å². The fourth-order valence-electron chi connectivity index (χ4n) is 2.29. The van der Waals surface area contributed by atoms with Crippen molar-refractivity contribution in [3.8, 4) is 11.5 Å². The van der Waals surface area contributed by atoms with Crippen LogP contribution in [0.3, 0.4) is 0 Å². The Morgan fingerprint density at radius 1 is 0.667 bits per heavy atom. The van der Waals surface area contributed by atoms with Crippen LogP contribution in [0.15, 0.2) is 61.7 Å². The molecule has 8 heteroatoms. The van der Waals surface area contributed by atoms with Crippen LogP contribution in [0.2, 0.25) is 0 Å². The van der Waals surface area contributed by atoms with Crippen molar-refractivity contribution >= 4 is 23.1 Å². The number of fused-ring (bicyclic) bond motifs is 1. The van der Waals surface area contributed by atoms with Gasteiger partial charge in [-0.05, 0) is 35.0 Å². The summed E-state index contributed by atoms with van der Waals surface area (Å²) < 4.78 is 30.3. The van der Waals surface area contributed by atoms with Crippen LogP contribution >= 0.6 is 0 Å². The highest BCUT2D eigenvalue weighted by Crippen LogP contribution is 2.25. The van der Waals surface area contributed by atoms with Crippen LogP contribution in [0.5, 0.6) is 11.5 Å². The Hall–Kier alpha value is -3.68. The second-order valence-electron chi connectivity index (χ2n) is 5.76. The molecule has 8 nitrogen and oxygen atoms in total. The van der Waals surface area contributed by atoms with E-state index in [1.165, 1.54) is 12.2 Å². The molecule has 2 rings (SSSR count). The molecule has 0 aromatic heterocycles. The predicted octanol–water partition coefficient (Wildman–Crippen LogP) is 4.28. The molecule has 0 aliphatic rings. The maximum atomic E-state index is 11.2. The quantitative estimate of drug-likeness (QED) is 0.288.